The molecule has 2 heteroatoms. The van der Waals surface area contributed by atoms with Gasteiger partial charge in [0.1, 0.15) is 0 Å². The van der Waals surface area contributed by atoms with Crippen LogP contribution in [0, 0.1) is 35.5 Å². The van der Waals surface area contributed by atoms with Crippen molar-refractivity contribution >= 4 is 0 Å². The predicted octanol–water partition coefficient (Wildman–Crippen LogP) is 3.33. The molecule has 3 fully saturated rings. The van der Waals surface area contributed by atoms with Crippen LogP contribution >= 0.6 is 0 Å². The predicted molar refractivity (Wildman–Crippen MR) is 75.7 cm³/mol. The molecule has 18 heavy (non-hydrogen) atoms. The maximum atomic E-state index is 5.94. The van der Waals surface area contributed by atoms with Crippen LogP contribution in [0.15, 0.2) is 0 Å². The largest absolute Gasteiger partial charge is 0.271 e. The van der Waals surface area contributed by atoms with Crippen molar-refractivity contribution in [2.75, 3.05) is 0 Å². The molecule has 0 heterocycles. The van der Waals surface area contributed by atoms with Crippen molar-refractivity contribution in [1.82, 2.24) is 5.43 Å². The zero-order chi connectivity index (χ0) is 12.7. The molecule has 5 atom stereocenters. The summed E-state index contributed by atoms with van der Waals surface area (Å²) < 4.78 is 0. The van der Waals surface area contributed by atoms with E-state index in [0.717, 1.165) is 35.5 Å². The van der Waals surface area contributed by atoms with Crippen LogP contribution in [0.4, 0.5) is 0 Å². The average Bonchev–Trinajstić information content (AvgIpc) is 3.04. The lowest BCUT2D eigenvalue weighted by Crippen LogP contribution is -2.45. The Morgan fingerprint density at radius 2 is 1.50 bits per heavy atom. The lowest BCUT2D eigenvalue weighted by atomic mass is 9.72. The molecule has 2 nitrogen and oxygen atoms in total. The van der Waals surface area contributed by atoms with Gasteiger partial charge >= 0.3 is 0 Å². The highest BCUT2D eigenvalue weighted by molar-refractivity contribution is 5.06. The van der Waals surface area contributed by atoms with Gasteiger partial charge in [-0.3, -0.25) is 11.3 Å². The molecule has 5 unspecified atom stereocenters. The third-order valence-electron chi connectivity index (χ3n) is 6.05. The van der Waals surface area contributed by atoms with Gasteiger partial charge in [-0.05, 0) is 67.6 Å². The van der Waals surface area contributed by atoms with Crippen LogP contribution < -0.4 is 11.3 Å². The van der Waals surface area contributed by atoms with Gasteiger partial charge in [-0.2, -0.15) is 0 Å². The summed E-state index contributed by atoms with van der Waals surface area (Å²) >= 11 is 0. The Hall–Kier alpha value is -0.0800. The van der Waals surface area contributed by atoms with Crippen LogP contribution in [-0.4, -0.2) is 6.04 Å². The van der Waals surface area contributed by atoms with Crippen molar-refractivity contribution in [2.45, 2.75) is 64.8 Å². The molecule has 0 aromatic carbocycles. The van der Waals surface area contributed by atoms with Crippen molar-refractivity contribution in [2.24, 2.45) is 41.4 Å². The Balaban J connectivity index is 1.65. The third-order valence-corrected chi connectivity index (χ3v) is 6.05. The minimum Gasteiger partial charge on any atom is -0.271 e. The molecule has 104 valence electrons. The Morgan fingerprint density at radius 1 is 0.944 bits per heavy atom. The van der Waals surface area contributed by atoms with Gasteiger partial charge in [-0.1, -0.05) is 26.7 Å². The number of nitrogens with two attached hydrogens (primary N) is 1. The number of hydrogen-bond acceptors (Lipinski definition) is 2. The van der Waals surface area contributed by atoms with Gasteiger partial charge in [0.25, 0.3) is 0 Å². The molecule has 0 amide bonds. The van der Waals surface area contributed by atoms with Crippen LogP contribution in [0.25, 0.3) is 0 Å². The number of hydrogen-bond donors (Lipinski definition) is 2. The molecule has 3 aliphatic rings. The van der Waals surface area contributed by atoms with Crippen LogP contribution in [0.5, 0.6) is 0 Å². The Bertz CT molecular complexity index is 269. The van der Waals surface area contributed by atoms with E-state index in [2.05, 4.69) is 19.3 Å². The first-order valence-electron chi connectivity index (χ1n) is 8.16. The standard InChI is InChI=1S/C16H30N2/c1-10-7-11(2)9-12(8-10)16(18-17)15-13-5-3-4-6-14(13)15/h10-16,18H,3-9,17H2,1-2H3. The van der Waals surface area contributed by atoms with Gasteiger partial charge in [0.05, 0.1) is 0 Å². The zero-order valence-electron chi connectivity index (χ0n) is 12.1. The third kappa shape index (κ3) is 2.34. The minimum atomic E-state index is 0.614. The Morgan fingerprint density at radius 3 is 2.00 bits per heavy atom. The first kappa shape index (κ1) is 12.9. The van der Waals surface area contributed by atoms with Crippen molar-refractivity contribution in [3.8, 4) is 0 Å². The van der Waals surface area contributed by atoms with Gasteiger partial charge in [-0.15, -0.1) is 0 Å². The van der Waals surface area contributed by atoms with Crippen LogP contribution in [-0.2, 0) is 0 Å². The number of hydrazine groups is 1. The van der Waals surface area contributed by atoms with Crippen LogP contribution in [0.2, 0.25) is 0 Å². The van der Waals surface area contributed by atoms with Gasteiger partial charge in [-0.25, -0.2) is 0 Å². The van der Waals surface area contributed by atoms with E-state index in [1.165, 1.54) is 44.9 Å². The smallest absolute Gasteiger partial charge is 0.0272 e. The molecule has 3 saturated carbocycles. The van der Waals surface area contributed by atoms with Crippen molar-refractivity contribution < 1.29 is 0 Å². The SMILES string of the molecule is CC1CC(C)CC(C(NN)C2C3CCCCC32)C1. The van der Waals surface area contributed by atoms with E-state index in [9.17, 15) is 0 Å². The molecule has 3 rings (SSSR count). The van der Waals surface area contributed by atoms with E-state index >= 15 is 0 Å². The number of nitrogens with one attached hydrogen (secondary N) is 1. The molecule has 0 spiro atoms. The Kier molecular flexibility index (Phi) is 3.68. The van der Waals surface area contributed by atoms with Crippen LogP contribution in [0.3, 0.4) is 0 Å². The van der Waals surface area contributed by atoms with Crippen molar-refractivity contribution in [1.29, 1.82) is 0 Å². The molecule has 3 N–H and O–H groups in total. The van der Waals surface area contributed by atoms with E-state index in [1.807, 2.05) is 0 Å². The summed E-state index contributed by atoms with van der Waals surface area (Å²) in [7, 11) is 0. The highest BCUT2D eigenvalue weighted by Gasteiger charge is 2.55. The fourth-order valence-corrected chi connectivity index (χ4v) is 5.44. The molecule has 0 bridgehead atoms. The summed E-state index contributed by atoms with van der Waals surface area (Å²) in [4.78, 5) is 0. The quantitative estimate of drug-likeness (QED) is 0.595. The number of rotatable bonds is 3. The van der Waals surface area contributed by atoms with Gasteiger partial charge in [0.2, 0.25) is 0 Å². The first-order chi connectivity index (χ1) is 8.70. The molecular formula is C16H30N2. The lowest BCUT2D eigenvalue weighted by molar-refractivity contribution is 0.160. The second kappa shape index (κ2) is 5.13. The second-order valence-corrected chi connectivity index (χ2v) is 7.56. The lowest BCUT2D eigenvalue weighted by Gasteiger charge is -2.36. The van der Waals surface area contributed by atoms with Crippen molar-refractivity contribution in [3.63, 3.8) is 0 Å². The first-order valence-corrected chi connectivity index (χ1v) is 8.16. The number of fused-ring (bicyclic) bond motifs is 1. The minimum absolute atomic E-state index is 0.614. The summed E-state index contributed by atoms with van der Waals surface area (Å²) in [6, 6.07) is 0.614. The van der Waals surface area contributed by atoms with Gasteiger partial charge in [0.15, 0.2) is 0 Å². The highest BCUT2D eigenvalue weighted by atomic mass is 15.2. The normalized spacial score (nSPS) is 49.5. The summed E-state index contributed by atoms with van der Waals surface area (Å²) in [5.74, 6) is 11.5. The van der Waals surface area contributed by atoms with E-state index in [4.69, 9.17) is 5.84 Å². The molecule has 0 aromatic rings. The van der Waals surface area contributed by atoms with E-state index in [-0.39, 0.29) is 0 Å². The van der Waals surface area contributed by atoms with E-state index < -0.39 is 0 Å². The summed E-state index contributed by atoms with van der Waals surface area (Å²) in [5, 5.41) is 0. The van der Waals surface area contributed by atoms with Gasteiger partial charge < -0.3 is 0 Å². The zero-order valence-corrected chi connectivity index (χ0v) is 12.1. The maximum absolute atomic E-state index is 5.94. The molecule has 0 saturated heterocycles. The van der Waals surface area contributed by atoms with Crippen molar-refractivity contribution in [3.05, 3.63) is 0 Å². The second-order valence-electron chi connectivity index (χ2n) is 7.56. The summed E-state index contributed by atoms with van der Waals surface area (Å²) in [5.41, 5.74) is 3.23. The fraction of sp³-hybridized carbons (Fsp3) is 1.00. The van der Waals surface area contributed by atoms with E-state index in [1.54, 1.807) is 0 Å². The molecular weight excluding hydrogens is 220 g/mol. The monoisotopic (exact) mass is 250 g/mol. The van der Waals surface area contributed by atoms with Crippen LogP contribution in [0.1, 0.15) is 58.8 Å². The molecule has 3 aliphatic carbocycles. The molecule has 0 aliphatic heterocycles. The van der Waals surface area contributed by atoms with E-state index in [0.29, 0.717) is 6.04 Å². The van der Waals surface area contributed by atoms with Gasteiger partial charge in [0, 0.05) is 6.04 Å². The maximum Gasteiger partial charge on any atom is 0.0272 e. The molecule has 0 aromatic heterocycles. The summed E-state index contributed by atoms with van der Waals surface area (Å²) in [6.45, 7) is 4.85. The fourth-order valence-electron chi connectivity index (χ4n) is 5.44. The summed E-state index contributed by atoms with van der Waals surface area (Å²) in [6.07, 6.45) is 10.1. The Labute approximate surface area is 112 Å². The topological polar surface area (TPSA) is 38.0 Å². The molecule has 0 radical (unpaired) electrons. The highest BCUT2D eigenvalue weighted by Crippen LogP contribution is 2.58. The average molecular weight is 250 g/mol.